The number of Topliss-reactive ketones (excluding diaryl/α,β-unsaturated/α-hetero) is 1. The van der Waals surface area contributed by atoms with E-state index < -0.39 is 32.1 Å². The van der Waals surface area contributed by atoms with Crippen LogP contribution in [0, 0.1) is 0 Å². The summed E-state index contributed by atoms with van der Waals surface area (Å²) < 4.78 is 63.0. The molecule has 0 radical (unpaired) electrons. The van der Waals surface area contributed by atoms with Gasteiger partial charge in [-0.3, -0.25) is 14.6 Å². The maximum absolute atomic E-state index is 11.4. The normalized spacial score (nSPS) is 30.5. The molecule has 0 amide bonds. The van der Waals surface area contributed by atoms with E-state index in [0.29, 0.717) is 0 Å². The number of aliphatic hydroxyl groups is 1. The van der Waals surface area contributed by atoms with E-state index in [-0.39, 0.29) is 44.6 Å². The van der Waals surface area contributed by atoms with Crippen LogP contribution in [0.3, 0.4) is 0 Å². The van der Waals surface area contributed by atoms with Crippen molar-refractivity contribution in [3.63, 3.8) is 0 Å². The number of benzene rings is 2. The molecule has 0 unspecified atom stereocenters. The molecule has 2 aliphatic heterocycles. The number of carbonyl (C=O) groups is 1. The maximum Gasteiger partial charge on any atom is 0.135 e. The molecule has 0 aliphatic carbocycles. The molecule has 4 rings (SSSR count). The summed E-state index contributed by atoms with van der Waals surface area (Å²) >= 11 is 0. The van der Waals surface area contributed by atoms with E-state index in [0.717, 1.165) is 16.0 Å². The maximum atomic E-state index is 11.4. The van der Waals surface area contributed by atoms with Gasteiger partial charge in [-0.1, -0.05) is 60.7 Å². The number of likely N-dealkylation sites (tertiary alicyclic amines) is 2. The molecule has 2 fully saturated rings. The fourth-order valence-electron chi connectivity index (χ4n) is 2.80. The smallest absolute Gasteiger partial charge is 0.135 e. The molecular formula is C24H32N2O2. The second-order valence-corrected chi connectivity index (χ2v) is 6.73. The Morgan fingerprint density at radius 2 is 1.21 bits per heavy atom. The van der Waals surface area contributed by atoms with E-state index in [9.17, 15) is 9.90 Å². The zero-order valence-electron chi connectivity index (χ0n) is 23.8. The van der Waals surface area contributed by atoms with Crippen LogP contribution in [0.1, 0.15) is 47.8 Å². The molecule has 0 atom stereocenters. The lowest BCUT2D eigenvalue weighted by Gasteiger charge is -2.29. The number of rotatable bonds is 4. The van der Waals surface area contributed by atoms with E-state index in [1.54, 1.807) is 0 Å². The predicted molar refractivity (Wildman–Crippen MR) is 113 cm³/mol. The second-order valence-electron chi connectivity index (χ2n) is 6.73. The summed E-state index contributed by atoms with van der Waals surface area (Å²) in [6, 6.07) is 18.4. The van der Waals surface area contributed by atoms with Crippen LogP contribution in [-0.2, 0) is 17.9 Å². The predicted octanol–water partition coefficient (Wildman–Crippen LogP) is 3.49. The topological polar surface area (TPSA) is 43.8 Å². The first-order chi connectivity index (χ1) is 16.6. The van der Waals surface area contributed by atoms with Gasteiger partial charge in [-0.15, -0.1) is 0 Å². The lowest BCUT2D eigenvalue weighted by molar-refractivity contribution is -0.121. The molecule has 1 N–H and O–H groups in total. The van der Waals surface area contributed by atoms with Crippen LogP contribution in [0.15, 0.2) is 60.7 Å². The van der Waals surface area contributed by atoms with E-state index in [2.05, 4.69) is 0 Å². The Balaban J connectivity index is 0.000000201. The highest BCUT2D eigenvalue weighted by atomic mass is 16.3. The first kappa shape index (κ1) is 12.5. The molecule has 0 aromatic heterocycles. The molecule has 2 aromatic rings. The number of aliphatic hydroxyl groups excluding tert-OH is 1. The second kappa shape index (κ2) is 11.1. The summed E-state index contributed by atoms with van der Waals surface area (Å²) in [4.78, 5) is 13.7. The van der Waals surface area contributed by atoms with Crippen molar-refractivity contribution in [3.05, 3.63) is 71.8 Å². The van der Waals surface area contributed by atoms with Crippen molar-refractivity contribution >= 4 is 5.78 Å². The number of carbonyl (C=O) groups excluding carboxylic acids is 1. The van der Waals surface area contributed by atoms with Gasteiger partial charge in [0.2, 0.25) is 0 Å². The summed E-state index contributed by atoms with van der Waals surface area (Å²) in [5.41, 5.74) is 1.70. The lowest BCUT2D eigenvalue weighted by Crippen LogP contribution is -2.35. The highest BCUT2D eigenvalue weighted by Crippen LogP contribution is 2.13. The Morgan fingerprint density at radius 1 is 0.786 bits per heavy atom. The van der Waals surface area contributed by atoms with Crippen LogP contribution in [0.5, 0.6) is 0 Å². The number of hydrogen-bond donors (Lipinski definition) is 1. The van der Waals surface area contributed by atoms with E-state index >= 15 is 0 Å². The molecule has 2 aromatic carbocycles. The monoisotopic (exact) mass is 388 g/mol. The van der Waals surface area contributed by atoms with Crippen molar-refractivity contribution in [2.45, 2.75) is 44.9 Å². The molecule has 0 spiro atoms. The Bertz CT molecular complexity index is 983. The van der Waals surface area contributed by atoms with E-state index in [1.807, 2.05) is 60.7 Å². The summed E-state index contributed by atoms with van der Waals surface area (Å²) in [6.45, 7) is -7.18. The van der Waals surface area contributed by atoms with Crippen LogP contribution in [0.4, 0.5) is 0 Å². The summed E-state index contributed by atoms with van der Waals surface area (Å²) in [7, 11) is 0. The molecule has 4 nitrogen and oxygen atoms in total. The number of nitrogens with zero attached hydrogens (tertiary/aromatic N) is 2. The molecule has 2 aliphatic rings. The minimum atomic E-state index is -1.94. The van der Waals surface area contributed by atoms with Crippen LogP contribution in [0.2, 0.25) is 0 Å². The zero-order chi connectivity index (χ0) is 26.8. The van der Waals surface area contributed by atoms with Gasteiger partial charge in [-0.05, 0) is 24.0 Å². The van der Waals surface area contributed by atoms with Gasteiger partial charge >= 0.3 is 0 Å². The first-order valence-corrected chi connectivity index (χ1v) is 9.46. The molecule has 0 bridgehead atoms. The molecule has 2 saturated heterocycles. The van der Waals surface area contributed by atoms with Gasteiger partial charge in [-0.2, -0.15) is 0 Å². The third-order valence-corrected chi connectivity index (χ3v) is 4.34. The molecule has 28 heavy (non-hydrogen) atoms. The Labute approximate surface area is 180 Å². The Kier molecular flexibility index (Phi) is 4.97. The van der Waals surface area contributed by atoms with Gasteiger partial charge in [0.25, 0.3) is 0 Å². The highest BCUT2D eigenvalue weighted by molar-refractivity contribution is 5.79. The Hall–Kier alpha value is -2.01. The summed E-state index contributed by atoms with van der Waals surface area (Å²) in [5, 5.41) is 9.56. The standard InChI is InChI=1S/C12H17NO.C12H15NO/c2*14-12-6-8-13(9-7-12)10-11-4-2-1-3-5-11/h1-5,12,14H,6-10H2;1-5H,6-10H2/i2*8D2,9D2. The van der Waals surface area contributed by atoms with E-state index in [1.165, 1.54) is 4.90 Å². The first-order valence-electron chi connectivity index (χ1n) is 13.5. The number of piperidine rings is 2. The average Bonchev–Trinajstić information content (AvgIpc) is 2.74. The molecule has 0 saturated carbocycles. The Morgan fingerprint density at radius 3 is 1.68 bits per heavy atom. The number of hydrogen-bond acceptors (Lipinski definition) is 4. The largest absolute Gasteiger partial charge is 0.393 e. The van der Waals surface area contributed by atoms with Gasteiger partial charge in [0.15, 0.2) is 0 Å². The van der Waals surface area contributed by atoms with Crippen LogP contribution in [0.25, 0.3) is 0 Å². The third-order valence-electron chi connectivity index (χ3n) is 4.34. The summed E-state index contributed by atoms with van der Waals surface area (Å²) in [5.74, 6) is -0.366. The van der Waals surface area contributed by atoms with E-state index in [4.69, 9.17) is 11.0 Å². The van der Waals surface area contributed by atoms with Gasteiger partial charge in [-0.25, -0.2) is 0 Å². The minimum Gasteiger partial charge on any atom is -0.393 e. The third kappa shape index (κ3) is 7.19. The molecular weight excluding hydrogens is 348 g/mol. The average molecular weight is 389 g/mol. The van der Waals surface area contributed by atoms with Crippen molar-refractivity contribution in [2.75, 3.05) is 26.0 Å². The zero-order valence-corrected chi connectivity index (χ0v) is 15.8. The van der Waals surface area contributed by atoms with Gasteiger partial charge < -0.3 is 5.11 Å². The van der Waals surface area contributed by atoms with Crippen LogP contribution in [-0.4, -0.2) is 52.8 Å². The van der Waals surface area contributed by atoms with Crippen molar-refractivity contribution in [2.24, 2.45) is 0 Å². The van der Waals surface area contributed by atoms with Gasteiger partial charge in [0.1, 0.15) is 5.78 Å². The molecule has 4 heteroatoms. The minimum absolute atomic E-state index is 0.0562. The molecule has 150 valence electrons. The van der Waals surface area contributed by atoms with Crippen molar-refractivity contribution < 1.29 is 20.9 Å². The SMILES string of the molecule is [2H]C1([2H])CC(=O)CC([2H])([2H])N1Cc1ccccc1.[2H]C1([2H])CC(O)CC([2H])([2H])N1Cc1ccccc1. The highest BCUT2D eigenvalue weighted by Gasteiger charge is 2.17. The quantitative estimate of drug-likeness (QED) is 0.871. The van der Waals surface area contributed by atoms with Crippen LogP contribution < -0.4 is 0 Å². The van der Waals surface area contributed by atoms with Crippen molar-refractivity contribution in [1.29, 1.82) is 0 Å². The fraction of sp³-hybridized carbons (Fsp3) is 0.458. The number of ketones is 1. The lowest BCUT2D eigenvalue weighted by atomic mass is 10.1. The van der Waals surface area contributed by atoms with Crippen LogP contribution >= 0.6 is 0 Å². The van der Waals surface area contributed by atoms with Gasteiger partial charge in [0, 0.05) is 62.9 Å². The van der Waals surface area contributed by atoms with Gasteiger partial charge in [0.05, 0.1) is 6.10 Å². The molecule has 2 heterocycles. The fourth-order valence-corrected chi connectivity index (χ4v) is 2.80. The summed E-state index contributed by atoms with van der Waals surface area (Å²) in [6.07, 6.45) is -1.54. The van der Waals surface area contributed by atoms with Crippen molar-refractivity contribution in [3.8, 4) is 0 Å². The van der Waals surface area contributed by atoms with Crippen molar-refractivity contribution in [1.82, 2.24) is 9.80 Å².